The SMILES string of the molecule is CCCCCCOC[CH]CC1C[CH]C(C2OC2=O)C1. The fourth-order valence-corrected chi connectivity index (χ4v) is 2.84. The molecule has 108 valence electrons. The molecular formula is C16H26O3. The zero-order chi connectivity index (χ0) is 13.5. The van der Waals surface area contributed by atoms with E-state index in [-0.39, 0.29) is 12.1 Å². The lowest BCUT2D eigenvalue weighted by molar-refractivity contribution is -0.117. The highest BCUT2D eigenvalue weighted by Crippen LogP contribution is 2.39. The molecule has 0 spiro atoms. The van der Waals surface area contributed by atoms with E-state index in [0.717, 1.165) is 32.5 Å². The molecule has 1 aliphatic carbocycles. The van der Waals surface area contributed by atoms with Crippen molar-refractivity contribution < 1.29 is 14.3 Å². The van der Waals surface area contributed by atoms with Gasteiger partial charge in [0.15, 0.2) is 0 Å². The molecule has 2 aliphatic rings. The van der Waals surface area contributed by atoms with E-state index in [1.807, 2.05) is 0 Å². The van der Waals surface area contributed by atoms with Crippen molar-refractivity contribution in [1.29, 1.82) is 0 Å². The van der Waals surface area contributed by atoms with Gasteiger partial charge in [0.25, 0.3) is 0 Å². The van der Waals surface area contributed by atoms with E-state index in [2.05, 4.69) is 19.8 Å². The minimum atomic E-state index is -0.0974. The van der Waals surface area contributed by atoms with E-state index < -0.39 is 0 Å². The van der Waals surface area contributed by atoms with Gasteiger partial charge in [-0.05, 0) is 44.4 Å². The van der Waals surface area contributed by atoms with E-state index >= 15 is 0 Å². The molecule has 0 amide bonds. The highest BCUT2D eigenvalue weighted by Gasteiger charge is 2.47. The predicted molar refractivity (Wildman–Crippen MR) is 74.3 cm³/mol. The van der Waals surface area contributed by atoms with Crippen molar-refractivity contribution in [2.75, 3.05) is 13.2 Å². The van der Waals surface area contributed by atoms with E-state index in [1.54, 1.807) is 0 Å². The van der Waals surface area contributed by atoms with Crippen LogP contribution in [0, 0.1) is 24.7 Å². The van der Waals surface area contributed by atoms with Gasteiger partial charge < -0.3 is 9.47 Å². The molecule has 0 aromatic rings. The predicted octanol–water partition coefficient (Wildman–Crippen LogP) is 3.33. The maximum Gasteiger partial charge on any atom is 0.348 e. The third-order valence-electron chi connectivity index (χ3n) is 4.06. The van der Waals surface area contributed by atoms with Crippen LogP contribution >= 0.6 is 0 Å². The quantitative estimate of drug-likeness (QED) is 0.449. The lowest BCUT2D eigenvalue weighted by Crippen LogP contribution is -2.06. The number of rotatable bonds is 10. The van der Waals surface area contributed by atoms with Crippen LogP contribution in [0.15, 0.2) is 0 Å². The molecule has 19 heavy (non-hydrogen) atoms. The largest absolute Gasteiger partial charge is 0.447 e. The molecule has 2 rings (SSSR count). The highest BCUT2D eigenvalue weighted by molar-refractivity contribution is 5.87. The number of hydrogen-bond donors (Lipinski definition) is 0. The minimum Gasteiger partial charge on any atom is -0.447 e. The average molecular weight is 266 g/mol. The molecule has 0 N–H and O–H groups in total. The molecule has 2 fully saturated rings. The second kappa shape index (κ2) is 7.88. The second-order valence-electron chi connectivity index (χ2n) is 5.75. The van der Waals surface area contributed by atoms with Crippen LogP contribution in [0.5, 0.6) is 0 Å². The van der Waals surface area contributed by atoms with Crippen LogP contribution in [-0.2, 0) is 14.3 Å². The maximum atomic E-state index is 10.9. The van der Waals surface area contributed by atoms with Gasteiger partial charge in [0.05, 0.1) is 0 Å². The molecule has 0 bridgehead atoms. The zero-order valence-electron chi connectivity index (χ0n) is 12.0. The summed E-state index contributed by atoms with van der Waals surface area (Å²) < 4.78 is 10.5. The number of unbranched alkanes of at least 4 members (excludes halogenated alkanes) is 3. The maximum absolute atomic E-state index is 10.9. The van der Waals surface area contributed by atoms with Crippen LogP contribution in [0.3, 0.4) is 0 Å². The summed E-state index contributed by atoms with van der Waals surface area (Å²) in [4.78, 5) is 10.9. The van der Waals surface area contributed by atoms with E-state index in [4.69, 9.17) is 9.47 Å². The van der Waals surface area contributed by atoms with Crippen LogP contribution in [0.25, 0.3) is 0 Å². The van der Waals surface area contributed by atoms with Crippen LogP contribution in [0.2, 0.25) is 0 Å². The number of epoxide rings is 1. The van der Waals surface area contributed by atoms with Gasteiger partial charge in [-0.25, -0.2) is 4.79 Å². The van der Waals surface area contributed by atoms with Gasteiger partial charge in [0.1, 0.15) is 0 Å². The number of carbonyl (C=O) groups is 1. The summed E-state index contributed by atoms with van der Waals surface area (Å²) in [7, 11) is 0. The molecule has 0 aromatic carbocycles. The van der Waals surface area contributed by atoms with Gasteiger partial charge in [-0.2, -0.15) is 0 Å². The lowest BCUT2D eigenvalue weighted by Gasteiger charge is -2.09. The van der Waals surface area contributed by atoms with Crippen molar-refractivity contribution >= 4 is 5.97 Å². The summed E-state index contributed by atoms with van der Waals surface area (Å²) in [6.45, 7) is 3.88. The van der Waals surface area contributed by atoms with Crippen molar-refractivity contribution in [3.05, 3.63) is 12.8 Å². The third-order valence-corrected chi connectivity index (χ3v) is 4.06. The molecule has 2 radical (unpaired) electrons. The van der Waals surface area contributed by atoms with Crippen molar-refractivity contribution in [3.8, 4) is 0 Å². The fraction of sp³-hybridized carbons (Fsp3) is 0.812. The van der Waals surface area contributed by atoms with Gasteiger partial charge in [-0.3, -0.25) is 0 Å². The Bertz CT molecular complexity index is 277. The number of hydrogen-bond acceptors (Lipinski definition) is 3. The Labute approximate surface area is 117 Å². The Morgan fingerprint density at radius 3 is 3.00 bits per heavy atom. The molecule has 1 saturated carbocycles. The summed E-state index contributed by atoms with van der Waals surface area (Å²) in [6.07, 6.45) is 12.8. The van der Waals surface area contributed by atoms with E-state index in [9.17, 15) is 4.79 Å². The first-order chi connectivity index (χ1) is 9.31. The van der Waals surface area contributed by atoms with Crippen LogP contribution < -0.4 is 0 Å². The molecule has 3 nitrogen and oxygen atoms in total. The Balaban J connectivity index is 1.41. The molecular weight excluding hydrogens is 240 g/mol. The molecule has 3 atom stereocenters. The topological polar surface area (TPSA) is 38.8 Å². The number of cyclic esters (lactones) is 1. The van der Waals surface area contributed by atoms with Crippen molar-refractivity contribution in [3.63, 3.8) is 0 Å². The van der Waals surface area contributed by atoms with Crippen LogP contribution in [-0.4, -0.2) is 25.3 Å². The van der Waals surface area contributed by atoms with E-state index in [1.165, 1.54) is 25.7 Å². The second-order valence-corrected chi connectivity index (χ2v) is 5.75. The fourth-order valence-electron chi connectivity index (χ4n) is 2.84. The van der Waals surface area contributed by atoms with Crippen LogP contribution in [0.4, 0.5) is 0 Å². The first-order valence-corrected chi connectivity index (χ1v) is 7.74. The van der Waals surface area contributed by atoms with E-state index in [0.29, 0.717) is 11.8 Å². The normalized spacial score (nSPS) is 29.5. The first-order valence-electron chi connectivity index (χ1n) is 7.74. The molecule has 1 aliphatic heterocycles. The van der Waals surface area contributed by atoms with Gasteiger partial charge in [0, 0.05) is 19.1 Å². The molecule has 1 heterocycles. The van der Waals surface area contributed by atoms with Gasteiger partial charge in [-0.1, -0.05) is 26.2 Å². The highest BCUT2D eigenvalue weighted by atomic mass is 16.6. The molecule has 3 heteroatoms. The van der Waals surface area contributed by atoms with Gasteiger partial charge in [-0.15, -0.1) is 0 Å². The van der Waals surface area contributed by atoms with Crippen LogP contribution in [0.1, 0.15) is 51.9 Å². The Hall–Kier alpha value is -0.570. The Kier molecular flexibility index (Phi) is 6.15. The summed E-state index contributed by atoms with van der Waals surface area (Å²) in [5.74, 6) is 1.05. The minimum absolute atomic E-state index is 0.0127. The first kappa shape index (κ1) is 14.8. The van der Waals surface area contributed by atoms with Crippen molar-refractivity contribution in [2.24, 2.45) is 11.8 Å². The Morgan fingerprint density at radius 2 is 2.26 bits per heavy atom. The van der Waals surface area contributed by atoms with Gasteiger partial charge >= 0.3 is 5.97 Å². The molecule has 0 aromatic heterocycles. The standard InChI is InChI=1S/C16H26O3/c1-2-3-4-5-10-18-11-6-7-13-8-9-14(12-13)15-16(17)19-15/h6,9,13-15H,2-5,7-8,10-12H2,1H3. The van der Waals surface area contributed by atoms with Gasteiger partial charge in [0.2, 0.25) is 6.10 Å². The number of carbonyl (C=O) groups excluding carboxylic acids is 1. The summed E-state index contributed by atoms with van der Waals surface area (Å²) >= 11 is 0. The molecule has 3 unspecified atom stereocenters. The zero-order valence-corrected chi connectivity index (χ0v) is 12.0. The molecule has 1 saturated heterocycles. The summed E-state index contributed by atoms with van der Waals surface area (Å²) in [5.41, 5.74) is 0. The summed E-state index contributed by atoms with van der Waals surface area (Å²) in [5, 5.41) is 0. The van der Waals surface area contributed by atoms with Crippen molar-refractivity contribution in [2.45, 2.75) is 58.0 Å². The van der Waals surface area contributed by atoms with Crippen molar-refractivity contribution in [1.82, 2.24) is 0 Å². The smallest absolute Gasteiger partial charge is 0.348 e. The number of ether oxygens (including phenoxy) is 2. The Morgan fingerprint density at radius 1 is 1.42 bits per heavy atom. The summed E-state index contributed by atoms with van der Waals surface area (Å²) in [6, 6.07) is 0. The average Bonchev–Trinajstić information content (AvgIpc) is 2.96. The lowest BCUT2D eigenvalue weighted by atomic mass is 9.98. The monoisotopic (exact) mass is 266 g/mol. The third kappa shape index (κ3) is 5.13.